The van der Waals surface area contributed by atoms with Crippen molar-refractivity contribution in [2.75, 3.05) is 18.0 Å². The number of hydrogen-bond acceptors (Lipinski definition) is 4. The molecule has 2 aromatic carbocycles. The standard InChI is InChI=1S/C22H22N2O2/c1-16(25)17-10-12-19(13-11-17)21-23-20(18-8-4-2-5-9-18)22(26-21)24-14-6-3-7-15-24/h2,4-5,8-13H,3,6-7,14-15H2,1H3. The van der Waals surface area contributed by atoms with E-state index in [9.17, 15) is 4.79 Å². The van der Waals surface area contributed by atoms with Crippen LogP contribution in [0.4, 0.5) is 5.88 Å². The lowest BCUT2D eigenvalue weighted by molar-refractivity contribution is 0.101. The van der Waals surface area contributed by atoms with E-state index in [1.165, 1.54) is 19.3 Å². The Morgan fingerprint density at radius 2 is 1.62 bits per heavy atom. The van der Waals surface area contributed by atoms with E-state index in [1.54, 1.807) is 6.92 Å². The van der Waals surface area contributed by atoms with Crippen LogP contribution in [0, 0.1) is 0 Å². The molecule has 2 heterocycles. The lowest BCUT2D eigenvalue weighted by atomic mass is 10.1. The Labute approximate surface area is 153 Å². The topological polar surface area (TPSA) is 46.3 Å². The minimum atomic E-state index is 0.0583. The van der Waals surface area contributed by atoms with Gasteiger partial charge in [-0.05, 0) is 38.3 Å². The summed E-state index contributed by atoms with van der Waals surface area (Å²) in [5, 5.41) is 0. The Kier molecular flexibility index (Phi) is 4.57. The van der Waals surface area contributed by atoms with Gasteiger partial charge in [-0.25, -0.2) is 4.98 Å². The van der Waals surface area contributed by atoms with Gasteiger partial charge in [-0.1, -0.05) is 42.5 Å². The molecule has 1 aliphatic heterocycles. The second-order valence-corrected chi connectivity index (χ2v) is 6.72. The SMILES string of the molecule is CC(=O)c1ccc(-c2nc(-c3ccccc3)c(N3CCCCC3)o2)cc1. The van der Waals surface area contributed by atoms with Gasteiger partial charge < -0.3 is 9.32 Å². The molecular weight excluding hydrogens is 324 g/mol. The first-order chi connectivity index (χ1) is 12.7. The second-order valence-electron chi connectivity index (χ2n) is 6.72. The Morgan fingerprint density at radius 3 is 2.27 bits per heavy atom. The molecule has 1 saturated heterocycles. The van der Waals surface area contributed by atoms with Crippen LogP contribution in [-0.2, 0) is 0 Å². The Balaban J connectivity index is 1.76. The summed E-state index contributed by atoms with van der Waals surface area (Å²) in [5.41, 5.74) is 3.52. The van der Waals surface area contributed by atoms with E-state index in [4.69, 9.17) is 9.40 Å². The second kappa shape index (κ2) is 7.16. The molecule has 4 heteroatoms. The highest BCUT2D eigenvalue weighted by molar-refractivity contribution is 5.94. The molecule has 0 N–H and O–H groups in total. The van der Waals surface area contributed by atoms with Crippen molar-refractivity contribution in [1.29, 1.82) is 0 Å². The van der Waals surface area contributed by atoms with Crippen LogP contribution >= 0.6 is 0 Å². The molecule has 0 spiro atoms. The van der Waals surface area contributed by atoms with Crippen LogP contribution in [0.5, 0.6) is 0 Å². The third kappa shape index (κ3) is 3.27. The zero-order chi connectivity index (χ0) is 17.9. The molecule has 1 aliphatic rings. The van der Waals surface area contributed by atoms with Crippen molar-refractivity contribution in [2.24, 2.45) is 0 Å². The van der Waals surface area contributed by atoms with Crippen LogP contribution in [0.2, 0.25) is 0 Å². The summed E-state index contributed by atoms with van der Waals surface area (Å²) in [6.07, 6.45) is 3.62. The monoisotopic (exact) mass is 346 g/mol. The Hall–Kier alpha value is -2.88. The lowest BCUT2D eigenvalue weighted by Crippen LogP contribution is -2.29. The average Bonchev–Trinajstić information content (AvgIpc) is 3.15. The van der Waals surface area contributed by atoms with Crippen LogP contribution in [0.3, 0.4) is 0 Å². The van der Waals surface area contributed by atoms with Gasteiger partial charge >= 0.3 is 0 Å². The van der Waals surface area contributed by atoms with Crippen molar-refractivity contribution >= 4 is 11.7 Å². The van der Waals surface area contributed by atoms with Crippen LogP contribution in [0.25, 0.3) is 22.7 Å². The van der Waals surface area contributed by atoms with Gasteiger partial charge in [0.15, 0.2) is 5.78 Å². The molecule has 0 aliphatic carbocycles. The van der Waals surface area contributed by atoms with Gasteiger partial charge in [-0.3, -0.25) is 4.79 Å². The number of piperidine rings is 1. The predicted molar refractivity (Wildman–Crippen MR) is 103 cm³/mol. The highest BCUT2D eigenvalue weighted by Crippen LogP contribution is 2.36. The zero-order valence-corrected chi connectivity index (χ0v) is 14.9. The number of ketones is 1. The molecular formula is C22H22N2O2. The smallest absolute Gasteiger partial charge is 0.229 e. The van der Waals surface area contributed by atoms with E-state index in [2.05, 4.69) is 17.0 Å². The normalized spacial score (nSPS) is 14.4. The number of hydrogen-bond donors (Lipinski definition) is 0. The van der Waals surface area contributed by atoms with E-state index in [0.29, 0.717) is 11.5 Å². The number of Topliss-reactive ketones (excluding diaryl/α,β-unsaturated/α-hetero) is 1. The largest absolute Gasteiger partial charge is 0.420 e. The molecule has 0 amide bonds. The molecule has 0 atom stereocenters. The van der Waals surface area contributed by atoms with Crippen molar-refractivity contribution in [3.8, 4) is 22.7 Å². The quantitative estimate of drug-likeness (QED) is 0.609. The van der Waals surface area contributed by atoms with E-state index in [1.807, 2.05) is 42.5 Å². The number of carbonyl (C=O) groups is 1. The van der Waals surface area contributed by atoms with Gasteiger partial charge in [-0.15, -0.1) is 0 Å². The fourth-order valence-electron chi connectivity index (χ4n) is 3.38. The van der Waals surface area contributed by atoms with Crippen molar-refractivity contribution < 1.29 is 9.21 Å². The van der Waals surface area contributed by atoms with Crippen molar-refractivity contribution in [2.45, 2.75) is 26.2 Å². The summed E-state index contributed by atoms with van der Waals surface area (Å²) in [6, 6.07) is 17.6. The third-order valence-corrected chi connectivity index (χ3v) is 4.84. The molecule has 0 saturated carbocycles. The molecule has 4 nitrogen and oxygen atoms in total. The van der Waals surface area contributed by atoms with Crippen LogP contribution in [0.1, 0.15) is 36.5 Å². The zero-order valence-electron chi connectivity index (χ0n) is 14.9. The summed E-state index contributed by atoms with van der Waals surface area (Å²) in [7, 11) is 0. The maximum Gasteiger partial charge on any atom is 0.229 e. The number of carbonyl (C=O) groups excluding carboxylic acids is 1. The first-order valence-electron chi connectivity index (χ1n) is 9.15. The fourth-order valence-corrected chi connectivity index (χ4v) is 3.38. The lowest BCUT2D eigenvalue weighted by Gasteiger charge is -2.26. The van der Waals surface area contributed by atoms with Crippen molar-refractivity contribution in [3.05, 3.63) is 60.2 Å². The number of anilines is 1. The summed E-state index contributed by atoms with van der Waals surface area (Å²) < 4.78 is 6.22. The predicted octanol–water partition coefficient (Wildman–Crippen LogP) is 5.20. The summed E-state index contributed by atoms with van der Waals surface area (Å²) in [6.45, 7) is 3.57. The summed E-state index contributed by atoms with van der Waals surface area (Å²) in [4.78, 5) is 18.6. The van der Waals surface area contributed by atoms with Gasteiger partial charge in [0.2, 0.25) is 11.8 Å². The van der Waals surface area contributed by atoms with E-state index in [-0.39, 0.29) is 5.78 Å². The van der Waals surface area contributed by atoms with Gasteiger partial charge in [0, 0.05) is 29.8 Å². The minimum absolute atomic E-state index is 0.0583. The summed E-state index contributed by atoms with van der Waals surface area (Å²) in [5.74, 6) is 1.50. The van der Waals surface area contributed by atoms with Crippen LogP contribution in [-0.4, -0.2) is 23.9 Å². The number of rotatable bonds is 4. The Bertz CT molecular complexity index is 892. The number of benzene rings is 2. The van der Waals surface area contributed by atoms with Crippen LogP contribution in [0.15, 0.2) is 59.0 Å². The maximum absolute atomic E-state index is 11.5. The van der Waals surface area contributed by atoms with Crippen molar-refractivity contribution in [1.82, 2.24) is 4.98 Å². The molecule has 1 aromatic heterocycles. The maximum atomic E-state index is 11.5. The Morgan fingerprint density at radius 1 is 0.923 bits per heavy atom. The third-order valence-electron chi connectivity index (χ3n) is 4.84. The molecule has 0 bridgehead atoms. The fraction of sp³-hybridized carbons (Fsp3) is 0.273. The summed E-state index contributed by atoms with van der Waals surface area (Å²) >= 11 is 0. The first kappa shape index (κ1) is 16.6. The number of aromatic nitrogens is 1. The minimum Gasteiger partial charge on any atom is -0.420 e. The average molecular weight is 346 g/mol. The first-order valence-corrected chi connectivity index (χ1v) is 9.15. The number of nitrogens with zero attached hydrogens (tertiary/aromatic N) is 2. The van der Waals surface area contributed by atoms with E-state index >= 15 is 0 Å². The highest BCUT2D eigenvalue weighted by Gasteiger charge is 2.23. The molecule has 0 radical (unpaired) electrons. The van der Waals surface area contributed by atoms with Gasteiger partial charge in [0.05, 0.1) is 0 Å². The van der Waals surface area contributed by atoms with Gasteiger partial charge in [0.1, 0.15) is 5.69 Å². The van der Waals surface area contributed by atoms with Crippen molar-refractivity contribution in [3.63, 3.8) is 0 Å². The molecule has 4 rings (SSSR count). The highest BCUT2D eigenvalue weighted by atomic mass is 16.4. The van der Waals surface area contributed by atoms with Gasteiger partial charge in [-0.2, -0.15) is 0 Å². The molecule has 0 unspecified atom stereocenters. The molecule has 132 valence electrons. The van der Waals surface area contributed by atoms with Crippen LogP contribution < -0.4 is 4.90 Å². The van der Waals surface area contributed by atoms with E-state index in [0.717, 1.165) is 35.8 Å². The number of oxazole rings is 1. The van der Waals surface area contributed by atoms with E-state index < -0.39 is 0 Å². The molecule has 26 heavy (non-hydrogen) atoms. The molecule has 3 aromatic rings. The van der Waals surface area contributed by atoms with Gasteiger partial charge in [0.25, 0.3) is 0 Å². The molecule has 1 fully saturated rings.